The summed E-state index contributed by atoms with van der Waals surface area (Å²) in [5, 5.41) is 17.3. The molecule has 0 amide bonds. The van der Waals surface area contributed by atoms with Crippen molar-refractivity contribution in [2.75, 3.05) is 16.6 Å². The molecule has 0 saturated carbocycles. The molecule has 0 aliphatic carbocycles. The van der Waals surface area contributed by atoms with Gasteiger partial charge in [-0.1, -0.05) is 5.16 Å². The Labute approximate surface area is 120 Å². The minimum absolute atomic E-state index is 0.0573. The van der Waals surface area contributed by atoms with Crippen molar-refractivity contribution in [3.8, 4) is 0 Å². The van der Waals surface area contributed by atoms with Gasteiger partial charge >= 0.3 is 0 Å². The molecule has 2 rings (SSSR count). The second-order valence-corrected chi connectivity index (χ2v) is 5.61. The van der Waals surface area contributed by atoms with Crippen LogP contribution >= 0.6 is 0 Å². The summed E-state index contributed by atoms with van der Waals surface area (Å²) >= 11 is 0. The Kier molecular flexibility index (Phi) is 4.08. The van der Waals surface area contributed by atoms with Gasteiger partial charge in [0.2, 0.25) is 0 Å². The highest BCUT2D eigenvalue weighted by atomic mass is 32.2. The van der Waals surface area contributed by atoms with Crippen LogP contribution in [-0.2, 0) is 10.0 Å². The van der Waals surface area contributed by atoms with Crippen molar-refractivity contribution in [3.05, 3.63) is 40.6 Å². The lowest BCUT2D eigenvalue weighted by atomic mass is 10.3. The van der Waals surface area contributed by atoms with Crippen LogP contribution in [0.4, 0.5) is 17.2 Å². The van der Waals surface area contributed by atoms with Gasteiger partial charge < -0.3 is 9.84 Å². The molecule has 112 valence electrons. The highest BCUT2D eigenvalue weighted by Gasteiger charge is 2.27. The number of nitrogens with zero attached hydrogens (tertiary/aromatic N) is 2. The first-order valence-electron chi connectivity index (χ1n) is 5.89. The van der Waals surface area contributed by atoms with Gasteiger partial charge in [-0.2, -0.15) is 0 Å². The van der Waals surface area contributed by atoms with Gasteiger partial charge in [0.25, 0.3) is 15.7 Å². The minimum Gasteiger partial charge on any atom is -0.385 e. The van der Waals surface area contributed by atoms with E-state index in [1.54, 1.807) is 0 Å². The number of hydrogen-bond donors (Lipinski definition) is 2. The van der Waals surface area contributed by atoms with E-state index < -0.39 is 25.5 Å². The summed E-state index contributed by atoms with van der Waals surface area (Å²) in [4.78, 5) is 9.79. The molecule has 9 nitrogen and oxygen atoms in total. The summed E-state index contributed by atoms with van der Waals surface area (Å²) in [6.45, 7) is 2.37. The highest BCUT2D eigenvalue weighted by molar-refractivity contribution is 7.92. The van der Waals surface area contributed by atoms with Crippen LogP contribution in [0.5, 0.6) is 0 Å². The summed E-state index contributed by atoms with van der Waals surface area (Å²) in [5.74, 6) is -0.0573. The Balaban J connectivity index is 2.48. The topological polar surface area (TPSA) is 127 Å². The Hall–Kier alpha value is -2.62. The Bertz CT molecular complexity index is 742. The third-order valence-electron chi connectivity index (χ3n) is 2.50. The van der Waals surface area contributed by atoms with Gasteiger partial charge in [-0.05, 0) is 19.1 Å². The van der Waals surface area contributed by atoms with E-state index in [1.807, 2.05) is 6.92 Å². The summed E-state index contributed by atoms with van der Waals surface area (Å²) < 4.78 is 31.1. The molecular formula is C11H12N4O5S. The van der Waals surface area contributed by atoms with E-state index in [0.29, 0.717) is 12.2 Å². The molecule has 0 unspecified atom stereocenters. The zero-order valence-corrected chi connectivity index (χ0v) is 11.8. The van der Waals surface area contributed by atoms with Crippen LogP contribution in [0.2, 0.25) is 0 Å². The summed E-state index contributed by atoms with van der Waals surface area (Å²) in [5.41, 5.74) is -0.0590. The zero-order chi connectivity index (χ0) is 15.5. The molecule has 10 heteroatoms. The van der Waals surface area contributed by atoms with Crippen LogP contribution in [0.3, 0.4) is 0 Å². The maximum absolute atomic E-state index is 12.3. The number of nitrogens with one attached hydrogen (secondary N) is 2. The Morgan fingerprint density at radius 3 is 2.71 bits per heavy atom. The van der Waals surface area contributed by atoms with E-state index >= 15 is 0 Å². The first-order valence-corrected chi connectivity index (χ1v) is 7.38. The third-order valence-corrected chi connectivity index (χ3v) is 3.89. The summed E-state index contributed by atoms with van der Waals surface area (Å²) in [6, 6.07) is 5.06. The smallest absolute Gasteiger partial charge is 0.290 e. The molecule has 1 aromatic heterocycles. The summed E-state index contributed by atoms with van der Waals surface area (Å²) in [7, 11) is -4.15. The van der Waals surface area contributed by atoms with Gasteiger partial charge in [0.15, 0.2) is 10.7 Å². The van der Waals surface area contributed by atoms with Gasteiger partial charge in [-0.25, -0.2) is 8.42 Å². The van der Waals surface area contributed by atoms with E-state index in [9.17, 15) is 18.5 Å². The molecule has 0 fully saturated rings. The fourth-order valence-corrected chi connectivity index (χ4v) is 2.84. The number of rotatable bonds is 6. The van der Waals surface area contributed by atoms with Crippen LogP contribution in [0, 0.1) is 10.1 Å². The number of hydrogen-bond acceptors (Lipinski definition) is 7. The van der Waals surface area contributed by atoms with Crippen LogP contribution in [-0.4, -0.2) is 25.0 Å². The normalized spacial score (nSPS) is 11.1. The average molecular weight is 312 g/mol. The second-order valence-electron chi connectivity index (χ2n) is 3.96. The first-order chi connectivity index (χ1) is 9.94. The molecule has 0 bridgehead atoms. The maximum Gasteiger partial charge on any atom is 0.290 e. The molecule has 0 saturated heterocycles. The highest BCUT2D eigenvalue weighted by Crippen LogP contribution is 2.28. The second kappa shape index (κ2) is 5.79. The quantitative estimate of drug-likeness (QED) is 0.615. The number of nitro benzene ring substituents is 1. The minimum atomic E-state index is -4.15. The van der Waals surface area contributed by atoms with E-state index in [4.69, 9.17) is 0 Å². The van der Waals surface area contributed by atoms with E-state index in [1.165, 1.54) is 24.5 Å². The fourth-order valence-electron chi connectivity index (χ4n) is 1.65. The molecule has 2 aromatic rings. The van der Waals surface area contributed by atoms with Crippen molar-refractivity contribution in [2.45, 2.75) is 11.8 Å². The van der Waals surface area contributed by atoms with Crippen molar-refractivity contribution in [1.29, 1.82) is 0 Å². The zero-order valence-electron chi connectivity index (χ0n) is 10.9. The molecule has 2 N–H and O–H groups in total. The molecule has 0 aliphatic heterocycles. The Morgan fingerprint density at radius 1 is 1.38 bits per heavy atom. The molecule has 0 atom stereocenters. The van der Waals surface area contributed by atoms with Gasteiger partial charge in [-0.15, -0.1) is 0 Å². The molecule has 1 heterocycles. The van der Waals surface area contributed by atoms with Gasteiger partial charge in [0.1, 0.15) is 6.26 Å². The number of benzene rings is 1. The van der Waals surface area contributed by atoms with Crippen molar-refractivity contribution in [1.82, 2.24) is 5.16 Å². The number of anilines is 2. The lowest BCUT2D eigenvalue weighted by molar-refractivity contribution is -0.387. The molecule has 0 aliphatic rings. The number of nitro groups is 1. The van der Waals surface area contributed by atoms with E-state index in [0.717, 1.165) is 6.07 Å². The van der Waals surface area contributed by atoms with Crippen LogP contribution in [0.1, 0.15) is 6.92 Å². The van der Waals surface area contributed by atoms with E-state index in [2.05, 4.69) is 19.7 Å². The van der Waals surface area contributed by atoms with Crippen LogP contribution < -0.4 is 10.0 Å². The monoisotopic (exact) mass is 312 g/mol. The van der Waals surface area contributed by atoms with Crippen LogP contribution in [0.15, 0.2) is 39.9 Å². The van der Waals surface area contributed by atoms with Gasteiger partial charge in [0, 0.05) is 24.4 Å². The molecule has 0 radical (unpaired) electrons. The molecule has 0 spiro atoms. The van der Waals surface area contributed by atoms with E-state index in [-0.39, 0.29) is 5.82 Å². The van der Waals surface area contributed by atoms with Crippen molar-refractivity contribution >= 4 is 27.2 Å². The molecule has 21 heavy (non-hydrogen) atoms. The van der Waals surface area contributed by atoms with Crippen molar-refractivity contribution < 1.29 is 17.9 Å². The SMILES string of the molecule is CCNc1ccc([N+](=O)[O-])c(S(=O)(=O)Nc2ccon2)c1. The third kappa shape index (κ3) is 3.28. The lowest BCUT2D eigenvalue weighted by Crippen LogP contribution is -2.15. The van der Waals surface area contributed by atoms with Crippen LogP contribution in [0.25, 0.3) is 0 Å². The number of sulfonamides is 1. The summed E-state index contributed by atoms with van der Waals surface area (Å²) in [6.07, 6.45) is 1.18. The van der Waals surface area contributed by atoms with Gasteiger partial charge in [0.05, 0.1) is 4.92 Å². The predicted molar refractivity (Wildman–Crippen MR) is 74.6 cm³/mol. The lowest BCUT2D eigenvalue weighted by Gasteiger charge is -2.08. The fraction of sp³-hybridized carbons (Fsp3) is 0.182. The first kappa shape index (κ1) is 14.8. The molecular weight excluding hydrogens is 300 g/mol. The molecule has 1 aromatic carbocycles. The van der Waals surface area contributed by atoms with Gasteiger partial charge in [-0.3, -0.25) is 14.8 Å². The standard InChI is InChI=1S/C11H12N4O5S/c1-2-12-8-3-4-9(15(16)17)10(7-8)21(18,19)14-11-5-6-20-13-11/h3-7,12H,2H2,1H3,(H,13,14). The predicted octanol–water partition coefficient (Wildman–Crippen LogP) is 1.82. The maximum atomic E-state index is 12.3. The average Bonchev–Trinajstić information content (AvgIpc) is 2.91. The Morgan fingerprint density at radius 2 is 2.14 bits per heavy atom. The number of aromatic nitrogens is 1. The van der Waals surface area contributed by atoms with Crippen molar-refractivity contribution in [2.24, 2.45) is 0 Å². The van der Waals surface area contributed by atoms with Crippen molar-refractivity contribution in [3.63, 3.8) is 0 Å². The largest absolute Gasteiger partial charge is 0.385 e.